The molecule has 3 nitrogen and oxygen atoms in total. The number of halogens is 3. The van der Waals surface area contributed by atoms with E-state index < -0.39 is 23.8 Å². The number of nitrogens with two attached hydrogens (primary N) is 1. The molecule has 0 spiro atoms. The lowest BCUT2D eigenvalue weighted by molar-refractivity contribution is -0.142. The topological polar surface area (TPSA) is 52.3 Å². The van der Waals surface area contributed by atoms with Gasteiger partial charge >= 0.3 is 12.1 Å². The summed E-state index contributed by atoms with van der Waals surface area (Å²) in [5.41, 5.74) is 5.10. The summed E-state index contributed by atoms with van der Waals surface area (Å²) in [6, 6.07) is 7.85. The van der Waals surface area contributed by atoms with E-state index in [1.807, 2.05) is 0 Å². The van der Waals surface area contributed by atoms with Crippen LogP contribution in [-0.4, -0.2) is 19.1 Å². The molecule has 1 atom stereocenters. The van der Waals surface area contributed by atoms with Crippen molar-refractivity contribution in [3.8, 4) is 10.4 Å². The zero-order chi connectivity index (χ0) is 16.3. The summed E-state index contributed by atoms with van der Waals surface area (Å²) in [4.78, 5) is 12.5. The van der Waals surface area contributed by atoms with Gasteiger partial charge in [0.1, 0.15) is 6.04 Å². The van der Waals surface area contributed by atoms with Crippen molar-refractivity contribution in [2.75, 3.05) is 7.11 Å². The van der Waals surface area contributed by atoms with Crippen LogP contribution in [0.5, 0.6) is 0 Å². The molecule has 118 valence electrons. The van der Waals surface area contributed by atoms with Crippen molar-refractivity contribution in [3.63, 3.8) is 0 Å². The number of carbonyl (C=O) groups is 1. The second-order valence-corrected chi connectivity index (χ2v) is 5.81. The van der Waals surface area contributed by atoms with Gasteiger partial charge in [-0.15, -0.1) is 11.3 Å². The van der Waals surface area contributed by atoms with E-state index in [0.29, 0.717) is 4.88 Å². The first-order valence-corrected chi connectivity index (χ1v) is 7.23. The minimum absolute atomic E-state index is 0.123. The summed E-state index contributed by atoms with van der Waals surface area (Å²) in [5.74, 6) is -0.550. The molecule has 0 amide bonds. The minimum Gasteiger partial charge on any atom is -0.468 e. The first kappa shape index (κ1) is 16.5. The minimum atomic E-state index is -4.41. The highest BCUT2D eigenvalue weighted by Crippen LogP contribution is 2.39. The number of alkyl halides is 3. The lowest BCUT2D eigenvalue weighted by atomic mass is 10.1. The summed E-state index contributed by atoms with van der Waals surface area (Å²) in [7, 11) is 1.24. The largest absolute Gasteiger partial charge is 0.468 e. The van der Waals surface area contributed by atoms with E-state index >= 15 is 0 Å². The normalized spacial score (nSPS) is 13.0. The van der Waals surface area contributed by atoms with Crippen LogP contribution in [0.15, 0.2) is 36.4 Å². The van der Waals surface area contributed by atoms with E-state index in [4.69, 9.17) is 5.73 Å². The molecule has 1 aromatic heterocycles. The Balaban J connectivity index is 2.28. The predicted molar refractivity (Wildman–Crippen MR) is 78.5 cm³/mol. The number of methoxy groups -OCH3 is 1. The first-order chi connectivity index (χ1) is 10.3. The molecule has 0 bridgehead atoms. The summed E-state index contributed by atoms with van der Waals surface area (Å²) in [6.07, 6.45) is -4.19. The molecule has 0 fully saturated rings. The van der Waals surface area contributed by atoms with E-state index in [1.54, 1.807) is 18.2 Å². The molecule has 1 heterocycles. The fraction of sp³-hybridized carbons (Fsp3) is 0.267. The average molecular weight is 329 g/mol. The number of ether oxygens (including phenoxy) is 1. The highest BCUT2D eigenvalue weighted by Gasteiger charge is 2.33. The Morgan fingerprint density at radius 1 is 1.27 bits per heavy atom. The molecule has 2 N–H and O–H groups in total. The number of hydrogen-bond donors (Lipinski definition) is 1. The monoisotopic (exact) mass is 329 g/mol. The third-order valence-electron chi connectivity index (χ3n) is 3.08. The smallest absolute Gasteiger partial charge is 0.417 e. The first-order valence-electron chi connectivity index (χ1n) is 6.41. The Kier molecular flexibility index (Phi) is 4.87. The Bertz CT molecular complexity index is 667. The number of thiophene rings is 1. The van der Waals surface area contributed by atoms with Gasteiger partial charge in [-0.05, 0) is 18.2 Å². The molecule has 2 rings (SSSR count). The molecule has 22 heavy (non-hydrogen) atoms. The van der Waals surface area contributed by atoms with Crippen LogP contribution in [0.25, 0.3) is 10.4 Å². The standard InChI is InChI=1S/C15H14F3NO2S/c1-21-14(20)12(19)8-9-6-7-13(22-9)10-4-2-3-5-11(10)15(16,17)18/h2-7,12H,8,19H2,1H3. The van der Waals surface area contributed by atoms with Crippen molar-refractivity contribution >= 4 is 17.3 Å². The molecule has 0 aliphatic heterocycles. The lowest BCUT2D eigenvalue weighted by Crippen LogP contribution is -2.33. The second kappa shape index (κ2) is 6.50. The van der Waals surface area contributed by atoms with Gasteiger partial charge in [0.05, 0.1) is 12.7 Å². The van der Waals surface area contributed by atoms with Crippen LogP contribution in [0.1, 0.15) is 10.4 Å². The van der Waals surface area contributed by atoms with Crippen LogP contribution in [0.4, 0.5) is 13.2 Å². The van der Waals surface area contributed by atoms with Crippen molar-refractivity contribution in [3.05, 3.63) is 46.8 Å². The predicted octanol–water partition coefficient (Wildman–Crippen LogP) is 3.48. The van der Waals surface area contributed by atoms with E-state index in [-0.39, 0.29) is 12.0 Å². The van der Waals surface area contributed by atoms with E-state index in [2.05, 4.69) is 4.74 Å². The third-order valence-corrected chi connectivity index (χ3v) is 4.23. The van der Waals surface area contributed by atoms with E-state index in [0.717, 1.165) is 10.9 Å². The fourth-order valence-corrected chi connectivity index (χ4v) is 3.13. The van der Waals surface area contributed by atoms with Crippen LogP contribution < -0.4 is 5.73 Å². The molecule has 2 aromatic rings. The van der Waals surface area contributed by atoms with Gasteiger partial charge < -0.3 is 10.5 Å². The summed E-state index contributed by atoms with van der Waals surface area (Å²) >= 11 is 1.18. The van der Waals surface area contributed by atoms with Crippen LogP contribution in [0.3, 0.4) is 0 Å². The maximum absolute atomic E-state index is 13.0. The second-order valence-electron chi connectivity index (χ2n) is 4.64. The molecule has 7 heteroatoms. The van der Waals surface area contributed by atoms with Crippen LogP contribution >= 0.6 is 11.3 Å². The number of benzene rings is 1. The van der Waals surface area contributed by atoms with Gasteiger partial charge in [-0.3, -0.25) is 4.79 Å². The SMILES string of the molecule is COC(=O)C(N)Cc1ccc(-c2ccccc2C(F)(F)F)s1. The molecule has 0 saturated heterocycles. The quantitative estimate of drug-likeness (QED) is 0.874. The van der Waals surface area contributed by atoms with Gasteiger partial charge in [0.15, 0.2) is 0 Å². The van der Waals surface area contributed by atoms with Crippen molar-refractivity contribution in [1.29, 1.82) is 0 Å². The summed E-state index contributed by atoms with van der Waals surface area (Å²) in [6.45, 7) is 0. The molecule has 0 radical (unpaired) electrons. The fourth-order valence-electron chi connectivity index (χ4n) is 2.03. The Hall–Kier alpha value is -1.86. The number of esters is 1. The maximum Gasteiger partial charge on any atom is 0.417 e. The molecule has 0 aliphatic carbocycles. The van der Waals surface area contributed by atoms with Gasteiger partial charge in [-0.25, -0.2) is 0 Å². The molecular weight excluding hydrogens is 315 g/mol. The zero-order valence-electron chi connectivity index (χ0n) is 11.7. The zero-order valence-corrected chi connectivity index (χ0v) is 12.5. The van der Waals surface area contributed by atoms with Gasteiger partial charge in [-0.1, -0.05) is 18.2 Å². The van der Waals surface area contributed by atoms with E-state index in [1.165, 1.54) is 30.6 Å². The molecule has 1 aromatic carbocycles. The molecular formula is C15H14F3NO2S. The lowest BCUT2D eigenvalue weighted by Gasteiger charge is -2.11. The van der Waals surface area contributed by atoms with Gasteiger partial charge in [0.2, 0.25) is 0 Å². The Morgan fingerprint density at radius 3 is 2.59 bits per heavy atom. The maximum atomic E-state index is 13.0. The van der Waals surface area contributed by atoms with Crippen molar-refractivity contribution in [2.45, 2.75) is 18.6 Å². The highest BCUT2D eigenvalue weighted by atomic mass is 32.1. The van der Waals surface area contributed by atoms with Crippen LogP contribution in [0.2, 0.25) is 0 Å². The van der Waals surface area contributed by atoms with Crippen molar-refractivity contribution in [2.24, 2.45) is 5.73 Å². The Labute approximate surface area is 129 Å². The Morgan fingerprint density at radius 2 is 1.95 bits per heavy atom. The number of carbonyl (C=O) groups excluding carboxylic acids is 1. The third kappa shape index (κ3) is 3.66. The van der Waals surface area contributed by atoms with Crippen molar-refractivity contribution in [1.82, 2.24) is 0 Å². The van der Waals surface area contributed by atoms with Crippen molar-refractivity contribution < 1.29 is 22.7 Å². The highest BCUT2D eigenvalue weighted by molar-refractivity contribution is 7.15. The molecule has 0 saturated carbocycles. The number of hydrogen-bond acceptors (Lipinski definition) is 4. The average Bonchev–Trinajstić information content (AvgIpc) is 2.93. The summed E-state index contributed by atoms with van der Waals surface area (Å²) in [5, 5.41) is 0. The molecule has 0 aliphatic rings. The van der Waals surface area contributed by atoms with Gasteiger partial charge in [0.25, 0.3) is 0 Å². The van der Waals surface area contributed by atoms with E-state index in [9.17, 15) is 18.0 Å². The molecule has 1 unspecified atom stereocenters. The van der Waals surface area contributed by atoms with Gasteiger partial charge in [-0.2, -0.15) is 13.2 Å². The van der Waals surface area contributed by atoms with Crippen LogP contribution in [0, 0.1) is 0 Å². The summed E-state index contributed by atoms with van der Waals surface area (Å²) < 4.78 is 43.6. The van der Waals surface area contributed by atoms with Gasteiger partial charge in [0, 0.05) is 21.7 Å². The van der Waals surface area contributed by atoms with Crippen LogP contribution in [-0.2, 0) is 22.1 Å². The number of rotatable bonds is 4.